The van der Waals surface area contributed by atoms with Crippen molar-refractivity contribution in [1.29, 1.82) is 0 Å². The van der Waals surface area contributed by atoms with Crippen LogP contribution in [0.4, 0.5) is 0 Å². The summed E-state index contributed by atoms with van der Waals surface area (Å²) in [7, 11) is 1.90. The van der Waals surface area contributed by atoms with Gasteiger partial charge in [0.1, 0.15) is 0 Å². The van der Waals surface area contributed by atoms with E-state index in [0.717, 1.165) is 17.9 Å². The highest BCUT2D eigenvalue weighted by atomic mass is 127. The Hall–Kier alpha value is -0.0400. The summed E-state index contributed by atoms with van der Waals surface area (Å²) in [5, 5.41) is 7.26. The molecule has 3 unspecified atom stereocenters. The molecule has 3 fully saturated rings. The van der Waals surface area contributed by atoms with E-state index in [9.17, 15) is 0 Å². The molecule has 0 amide bonds. The Kier molecular flexibility index (Phi) is 7.25. The molecule has 1 aliphatic heterocycles. The zero-order valence-electron chi connectivity index (χ0n) is 14.2. The third-order valence-corrected chi connectivity index (χ3v) is 5.53. The number of aliphatic imine (C=N–C) groups is 1. The first-order chi connectivity index (χ1) is 10.3. The van der Waals surface area contributed by atoms with Crippen molar-refractivity contribution >= 4 is 29.9 Å². The SMILES string of the molecule is CCCC1CC1NC(=NC)NC1CCN(C2CCCC2)C1.I. The zero-order valence-corrected chi connectivity index (χ0v) is 16.5. The van der Waals surface area contributed by atoms with Crippen LogP contribution in [-0.4, -0.2) is 49.1 Å². The quantitative estimate of drug-likeness (QED) is 0.408. The minimum absolute atomic E-state index is 0. The maximum Gasteiger partial charge on any atom is 0.191 e. The van der Waals surface area contributed by atoms with Gasteiger partial charge in [-0.2, -0.15) is 0 Å². The Morgan fingerprint density at radius 3 is 2.64 bits per heavy atom. The molecule has 0 bridgehead atoms. The van der Waals surface area contributed by atoms with Crippen molar-refractivity contribution in [1.82, 2.24) is 15.5 Å². The second-order valence-corrected chi connectivity index (χ2v) is 7.17. The highest BCUT2D eigenvalue weighted by molar-refractivity contribution is 14.0. The number of rotatable bonds is 5. The van der Waals surface area contributed by atoms with E-state index in [1.807, 2.05) is 7.05 Å². The average molecular weight is 420 g/mol. The molecule has 1 saturated heterocycles. The van der Waals surface area contributed by atoms with Gasteiger partial charge in [0.05, 0.1) is 0 Å². The first-order valence-corrected chi connectivity index (χ1v) is 9.04. The van der Waals surface area contributed by atoms with Crippen LogP contribution >= 0.6 is 24.0 Å². The number of likely N-dealkylation sites (tertiary alicyclic amines) is 1. The molecule has 22 heavy (non-hydrogen) atoms. The zero-order chi connectivity index (χ0) is 14.7. The predicted molar refractivity (Wildman–Crippen MR) is 104 cm³/mol. The van der Waals surface area contributed by atoms with Gasteiger partial charge in [-0.1, -0.05) is 26.2 Å². The molecule has 3 aliphatic rings. The molecule has 2 aliphatic carbocycles. The van der Waals surface area contributed by atoms with Gasteiger partial charge in [-0.05, 0) is 38.0 Å². The lowest BCUT2D eigenvalue weighted by Crippen LogP contribution is -2.46. The third kappa shape index (κ3) is 4.73. The van der Waals surface area contributed by atoms with Crippen LogP contribution in [0.2, 0.25) is 0 Å². The molecule has 0 aromatic rings. The number of nitrogens with one attached hydrogen (secondary N) is 2. The van der Waals surface area contributed by atoms with E-state index in [1.54, 1.807) is 0 Å². The van der Waals surface area contributed by atoms with Gasteiger partial charge in [-0.15, -0.1) is 24.0 Å². The van der Waals surface area contributed by atoms with Crippen molar-refractivity contribution in [2.75, 3.05) is 20.1 Å². The van der Waals surface area contributed by atoms with Gasteiger partial charge in [-0.3, -0.25) is 9.89 Å². The minimum atomic E-state index is 0. The Labute approximate surface area is 152 Å². The topological polar surface area (TPSA) is 39.7 Å². The molecule has 128 valence electrons. The van der Waals surface area contributed by atoms with Crippen molar-refractivity contribution < 1.29 is 0 Å². The number of hydrogen-bond donors (Lipinski definition) is 2. The van der Waals surface area contributed by atoms with Crippen LogP contribution < -0.4 is 10.6 Å². The molecule has 4 nitrogen and oxygen atoms in total. The van der Waals surface area contributed by atoms with Gasteiger partial charge in [0.15, 0.2) is 5.96 Å². The van der Waals surface area contributed by atoms with Gasteiger partial charge < -0.3 is 10.6 Å². The molecule has 3 rings (SSSR count). The third-order valence-electron chi connectivity index (χ3n) is 5.53. The van der Waals surface area contributed by atoms with E-state index in [-0.39, 0.29) is 24.0 Å². The van der Waals surface area contributed by atoms with Gasteiger partial charge in [-0.25, -0.2) is 0 Å². The molecular formula is C17H33IN4. The van der Waals surface area contributed by atoms with Crippen LogP contribution in [-0.2, 0) is 0 Å². The van der Waals surface area contributed by atoms with E-state index in [0.29, 0.717) is 12.1 Å². The number of guanidine groups is 1. The molecule has 0 aromatic carbocycles. The molecule has 0 aromatic heterocycles. The Bertz CT molecular complexity index is 368. The van der Waals surface area contributed by atoms with E-state index in [2.05, 4.69) is 27.4 Å². The van der Waals surface area contributed by atoms with Crippen LogP contribution in [0.3, 0.4) is 0 Å². The molecule has 0 radical (unpaired) electrons. The first kappa shape index (κ1) is 18.3. The van der Waals surface area contributed by atoms with E-state index in [4.69, 9.17) is 0 Å². The summed E-state index contributed by atoms with van der Waals surface area (Å²) < 4.78 is 0. The molecule has 3 atom stereocenters. The lowest BCUT2D eigenvalue weighted by Gasteiger charge is -2.24. The maximum absolute atomic E-state index is 4.42. The number of nitrogens with zero attached hydrogens (tertiary/aromatic N) is 2. The molecular weight excluding hydrogens is 387 g/mol. The standard InChI is InChI=1S/C17H32N4.HI/c1-3-6-13-11-16(13)20-17(18-2)19-14-9-10-21(12-14)15-7-4-5-8-15;/h13-16H,3-12H2,1-2H3,(H2,18,19,20);1H. The van der Waals surface area contributed by atoms with Crippen molar-refractivity contribution in [3.63, 3.8) is 0 Å². The van der Waals surface area contributed by atoms with Gasteiger partial charge in [0, 0.05) is 38.3 Å². The Morgan fingerprint density at radius 1 is 1.18 bits per heavy atom. The summed E-state index contributed by atoms with van der Waals surface area (Å²) >= 11 is 0. The summed E-state index contributed by atoms with van der Waals surface area (Å²) in [6.45, 7) is 4.74. The molecule has 2 saturated carbocycles. The summed E-state index contributed by atoms with van der Waals surface area (Å²) in [5.74, 6) is 1.91. The van der Waals surface area contributed by atoms with E-state index < -0.39 is 0 Å². The van der Waals surface area contributed by atoms with E-state index >= 15 is 0 Å². The highest BCUT2D eigenvalue weighted by Gasteiger charge is 2.37. The van der Waals surface area contributed by atoms with Crippen LogP contribution in [0, 0.1) is 5.92 Å². The van der Waals surface area contributed by atoms with E-state index in [1.165, 1.54) is 64.5 Å². The minimum Gasteiger partial charge on any atom is -0.353 e. The summed E-state index contributed by atoms with van der Waals surface area (Å²) in [4.78, 5) is 7.13. The molecule has 1 heterocycles. The van der Waals surface area contributed by atoms with Crippen LogP contribution in [0.5, 0.6) is 0 Å². The average Bonchev–Trinajstić information content (AvgIpc) is 2.92. The van der Waals surface area contributed by atoms with Gasteiger partial charge >= 0.3 is 0 Å². The van der Waals surface area contributed by atoms with Crippen LogP contribution in [0.15, 0.2) is 4.99 Å². The molecule has 2 N–H and O–H groups in total. The summed E-state index contributed by atoms with van der Waals surface area (Å²) in [5.41, 5.74) is 0. The largest absolute Gasteiger partial charge is 0.353 e. The fourth-order valence-electron chi connectivity index (χ4n) is 4.16. The highest BCUT2D eigenvalue weighted by Crippen LogP contribution is 2.34. The van der Waals surface area contributed by atoms with Crippen LogP contribution in [0.25, 0.3) is 0 Å². The lowest BCUT2D eigenvalue weighted by atomic mass is 10.2. The Morgan fingerprint density at radius 2 is 1.95 bits per heavy atom. The van der Waals surface area contributed by atoms with Crippen molar-refractivity contribution in [3.05, 3.63) is 0 Å². The predicted octanol–water partition coefficient (Wildman–Crippen LogP) is 2.97. The lowest BCUT2D eigenvalue weighted by molar-refractivity contribution is 0.242. The second kappa shape index (κ2) is 8.71. The smallest absolute Gasteiger partial charge is 0.191 e. The maximum atomic E-state index is 4.42. The monoisotopic (exact) mass is 420 g/mol. The fraction of sp³-hybridized carbons (Fsp3) is 0.941. The van der Waals surface area contributed by atoms with Gasteiger partial charge in [0.25, 0.3) is 0 Å². The first-order valence-electron chi connectivity index (χ1n) is 9.04. The molecule has 0 spiro atoms. The van der Waals surface area contributed by atoms with Gasteiger partial charge in [0.2, 0.25) is 0 Å². The second-order valence-electron chi connectivity index (χ2n) is 7.17. The summed E-state index contributed by atoms with van der Waals surface area (Å²) in [6, 6.07) is 2.12. The summed E-state index contributed by atoms with van der Waals surface area (Å²) in [6.07, 6.45) is 10.9. The molecule has 5 heteroatoms. The fourth-order valence-corrected chi connectivity index (χ4v) is 4.16. The van der Waals surface area contributed by atoms with Crippen molar-refractivity contribution in [3.8, 4) is 0 Å². The Balaban J connectivity index is 0.00000176. The van der Waals surface area contributed by atoms with Crippen molar-refractivity contribution in [2.45, 2.75) is 76.4 Å². The number of hydrogen-bond acceptors (Lipinski definition) is 2. The van der Waals surface area contributed by atoms with Crippen LogP contribution in [0.1, 0.15) is 58.3 Å². The number of halogens is 1. The normalized spacial score (nSPS) is 32.8. The van der Waals surface area contributed by atoms with Crippen molar-refractivity contribution in [2.24, 2.45) is 10.9 Å².